The van der Waals surface area contributed by atoms with Crippen molar-refractivity contribution in [3.05, 3.63) is 115 Å². The number of nitrogens with zero attached hydrogens (tertiary/aromatic N) is 7. The normalized spacial score (nSPS) is 13.2. The molecular formula is C36H28F9N7. The van der Waals surface area contributed by atoms with Gasteiger partial charge in [-0.1, -0.05) is 36.4 Å². The van der Waals surface area contributed by atoms with Crippen molar-refractivity contribution in [2.24, 2.45) is 30.7 Å². The highest BCUT2D eigenvalue weighted by molar-refractivity contribution is 5.99. The second kappa shape index (κ2) is 14.9. The number of hydrogen-bond acceptors (Lipinski definition) is 7. The van der Waals surface area contributed by atoms with Crippen LogP contribution in [0, 0.1) is 0 Å². The molecule has 0 N–H and O–H groups in total. The molecule has 0 aliphatic rings. The van der Waals surface area contributed by atoms with Crippen LogP contribution in [0.5, 0.6) is 0 Å². The molecular weight excluding hydrogens is 701 g/mol. The lowest BCUT2D eigenvalue weighted by Crippen LogP contribution is -2.59. The van der Waals surface area contributed by atoms with Crippen LogP contribution in [-0.4, -0.2) is 31.1 Å². The summed E-state index contributed by atoms with van der Waals surface area (Å²) in [6.07, 6.45) is -6.90. The zero-order chi connectivity index (χ0) is 37.7. The molecule has 5 rings (SSSR count). The summed E-state index contributed by atoms with van der Waals surface area (Å²) in [5.41, 5.74) is 1.77. The van der Waals surface area contributed by atoms with Gasteiger partial charge in [-0.05, 0) is 86.6 Å². The van der Waals surface area contributed by atoms with E-state index < -0.39 is 29.5 Å². The van der Waals surface area contributed by atoms with E-state index in [-0.39, 0.29) is 23.5 Å². The van der Waals surface area contributed by atoms with Crippen molar-refractivity contribution >= 4 is 50.6 Å². The SMILES string of the molecule is CCN(CC)c1ccc(N=Nc2ccc(N=Nc3ccc(N=Nc4ccc(C(F)(F)C(F)(F)C(F)(F)C(F)(F)F)cc4)cc3)c3ccccc23)cc1. The third-order valence-electron chi connectivity index (χ3n) is 7.91. The quantitative estimate of drug-likeness (QED) is 0.0930. The number of azo groups is 3. The van der Waals surface area contributed by atoms with E-state index in [1.54, 1.807) is 24.3 Å². The van der Waals surface area contributed by atoms with Crippen LogP contribution in [0.3, 0.4) is 0 Å². The van der Waals surface area contributed by atoms with Crippen molar-refractivity contribution in [1.29, 1.82) is 0 Å². The molecule has 0 aliphatic heterocycles. The van der Waals surface area contributed by atoms with Crippen molar-refractivity contribution < 1.29 is 39.5 Å². The van der Waals surface area contributed by atoms with Crippen molar-refractivity contribution in [2.75, 3.05) is 18.0 Å². The van der Waals surface area contributed by atoms with Gasteiger partial charge in [-0.25, -0.2) is 0 Å². The third-order valence-corrected chi connectivity index (χ3v) is 7.91. The molecule has 0 aliphatic carbocycles. The molecule has 0 unspecified atom stereocenters. The first-order valence-electron chi connectivity index (χ1n) is 15.6. The van der Waals surface area contributed by atoms with Gasteiger partial charge in [0.25, 0.3) is 0 Å². The van der Waals surface area contributed by atoms with Crippen molar-refractivity contribution in [1.82, 2.24) is 0 Å². The first kappa shape index (κ1) is 37.6. The minimum absolute atomic E-state index is 0.169. The standard InChI is InChI=1S/C36H28F9N7/c1-3-52(4-2)28-19-17-27(18-20-28)49-51-32-22-21-31(29-7-5-6-8-30(29)32)50-48-26-15-13-25(14-16-26)47-46-24-11-9-23(10-12-24)33(37,38)34(39,40)35(41,42)36(43,44)45/h5-22H,3-4H2,1-2H3. The third kappa shape index (κ3) is 7.65. The van der Waals surface area contributed by atoms with Gasteiger partial charge in [0.15, 0.2) is 0 Å². The van der Waals surface area contributed by atoms with Gasteiger partial charge in [0, 0.05) is 35.1 Å². The molecule has 0 fully saturated rings. The molecule has 0 bridgehead atoms. The Bertz CT molecular complexity index is 2070. The predicted molar refractivity (Wildman–Crippen MR) is 179 cm³/mol. The Hall–Kier alpha value is -5.67. The number of alkyl halides is 9. The second-order valence-corrected chi connectivity index (χ2v) is 11.2. The average Bonchev–Trinajstić information content (AvgIpc) is 3.13. The van der Waals surface area contributed by atoms with E-state index in [9.17, 15) is 39.5 Å². The van der Waals surface area contributed by atoms with E-state index in [1.807, 2.05) is 48.5 Å². The monoisotopic (exact) mass is 729 g/mol. The smallest absolute Gasteiger partial charge is 0.372 e. The minimum Gasteiger partial charge on any atom is -0.372 e. The molecule has 0 saturated carbocycles. The first-order chi connectivity index (χ1) is 24.6. The average molecular weight is 730 g/mol. The van der Waals surface area contributed by atoms with Crippen LogP contribution in [0.15, 0.2) is 140 Å². The Morgan fingerprint density at radius 3 is 1.19 bits per heavy atom. The van der Waals surface area contributed by atoms with Gasteiger partial charge in [0.2, 0.25) is 0 Å². The molecule has 5 aromatic rings. The van der Waals surface area contributed by atoms with E-state index >= 15 is 0 Å². The van der Waals surface area contributed by atoms with Gasteiger partial charge in [-0.15, -0.1) is 10.2 Å². The Labute approximate surface area is 291 Å². The number of rotatable bonds is 12. The Balaban J connectivity index is 1.26. The maximum atomic E-state index is 14.2. The highest BCUT2D eigenvalue weighted by atomic mass is 19.4. The van der Waals surface area contributed by atoms with E-state index in [2.05, 4.69) is 49.4 Å². The molecule has 52 heavy (non-hydrogen) atoms. The summed E-state index contributed by atoms with van der Waals surface area (Å²) in [4.78, 5) is 2.23. The van der Waals surface area contributed by atoms with Gasteiger partial charge in [-0.2, -0.15) is 60.0 Å². The van der Waals surface area contributed by atoms with Crippen LogP contribution in [-0.2, 0) is 5.92 Å². The highest BCUT2D eigenvalue weighted by Crippen LogP contribution is 2.56. The molecule has 0 radical (unpaired) electrons. The fourth-order valence-corrected chi connectivity index (χ4v) is 4.98. The number of fused-ring (bicyclic) bond motifs is 1. The molecule has 270 valence electrons. The maximum absolute atomic E-state index is 14.2. The van der Waals surface area contributed by atoms with Crippen LogP contribution in [0.1, 0.15) is 19.4 Å². The van der Waals surface area contributed by atoms with Gasteiger partial charge in [0.1, 0.15) is 0 Å². The van der Waals surface area contributed by atoms with Gasteiger partial charge in [0.05, 0.1) is 34.1 Å². The van der Waals surface area contributed by atoms with E-state index in [1.165, 1.54) is 12.1 Å². The van der Waals surface area contributed by atoms with Crippen molar-refractivity contribution in [3.63, 3.8) is 0 Å². The molecule has 0 spiro atoms. The lowest BCUT2D eigenvalue weighted by Gasteiger charge is -2.33. The Morgan fingerprint density at radius 1 is 0.442 bits per heavy atom. The summed E-state index contributed by atoms with van der Waals surface area (Å²) in [5.74, 6) is -19.6. The van der Waals surface area contributed by atoms with Gasteiger partial charge >= 0.3 is 23.9 Å². The fraction of sp³-hybridized carbons (Fsp3) is 0.222. The van der Waals surface area contributed by atoms with Crippen LogP contribution in [0.25, 0.3) is 10.8 Å². The van der Waals surface area contributed by atoms with Crippen LogP contribution >= 0.6 is 0 Å². The summed E-state index contributed by atoms with van der Waals surface area (Å²) in [6, 6.07) is 26.9. The van der Waals surface area contributed by atoms with Gasteiger partial charge in [-0.3, -0.25) is 0 Å². The number of hydrogen-bond donors (Lipinski definition) is 0. The Morgan fingerprint density at radius 2 is 0.808 bits per heavy atom. The molecule has 0 amide bonds. The molecule has 5 aromatic carbocycles. The number of benzene rings is 5. The maximum Gasteiger partial charge on any atom is 0.460 e. The number of anilines is 1. The molecule has 7 nitrogen and oxygen atoms in total. The van der Waals surface area contributed by atoms with Crippen molar-refractivity contribution in [3.8, 4) is 0 Å². The lowest BCUT2D eigenvalue weighted by atomic mass is 9.96. The zero-order valence-electron chi connectivity index (χ0n) is 27.3. The summed E-state index contributed by atoms with van der Waals surface area (Å²) >= 11 is 0. The largest absolute Gasteiger partial charge is 0.460 e. The van der Waals surface area contributed by atoms with Crippen molar-refractivity contribution in [2.45, 2.75) is 37.8 Å². The highest BCUT2D eigenvalue weighted by Gasteiger charge is 2.82. The summed E-state index contributed by atoms with van der Waals surface area (Å²) in [7, 11) is 0. The zero-order valence-corrected chi connectivity index (χ0v) is 27.3. The number of halogens is 9. The molecule has 16 heteroatoms. The van der Waals surface area contributed by atoms with E-state index in [4.69, 9.17) is 0 Å². The Kier molecular flexibility index (Phi) is 10.8. The molecule has 0 heterocycles. The topological polar surface area (TPSA) is 77.4 Å². The van der Waals surface area contributed by atoms with Crippen LogP contribution in [0.4, 0.5) is 79.3 Å². The van der Waals surface area contributed by atoms with Gasteiger partial charge < -0.3 is 4.90 Å². The molecule has 0 atom stereocenters. The fourth-order valence-electron chi connectivity index (χ4n) is 4.98. The van der Waals surface area contributed by atoms with Crippen LogP contribution in [0.2, 0.25) is 0 Å². The molecule has 0 saturated heterocycles. The summed E-state index contributed by atoms with van der Waals surface area (Å²) in [6.45, 7) is 5.98. The van der Waals surface area contributed by atoms with Crippen LogP contribution < -0.4 is 4.90 Å². The summed E-state index contributed by atoms with van der Waals surface area (Å²) in [5, 5.41) is 26.7. The second-order valence-electron chi connectivity index (χ2n) is 11.2. The minimum atomic E-state index is -6.99. The van der Waals surface area contributed by atoms with E-state index in [0.717, 1.165) is 41.7 Å². The lowest BCUT2D eigenvalue weighted by molar-refractivity contribution is -0.399. The molecule has 0 aromatic heterocycles. The van der Waals surface area contributed by atoms with E-state index in [0.29, 0.717) is 22.7 Å². The first-order valence-corrected chi connectivity index (χ1v) is 15.6. The predicted octanol–water partition coefficient (Wildman–Crippen LogP) is 13.9. The summed E-state index contributed by atoms with van der Waals surface area (Å²) < 4.78 is 120.